The van der Waals surface area contributed by atoms with E-state index in [1.54, 1.807) is 23.9 Å². The van der Waals surface area contributed by atoms with E-state index in [1.807, 2.05) is 36.4 Å². The summed E-state index contributed by atoms with van der Waals surface area (Å²) >= 11 is 1.67. The number of nitrogens with zero attached hydrogens (tertiary/aromatic N) is 1. The molecule has 2 amide bonds. The maximum absolute atomic E-state index is 12.8. The molecule has 0 spiro atoms. The Morgan fingerprint density at radius 1 is 1.26 bits per heavy atom. The molecule has 1 aliphatic rings. The number of thioether (sulfide) groups is 1. The molecule has 1 aromatic rings. The number of carbonyl (C=O) groups is 2. The van der Waals surface area contributed by atoms with Crippen LogP contribution in [0.5, 0.6) is 5.75 Å². The molecule has 1 aliphatic heterocycles. The second-order valence-electron chi connectivity index (χ2n) is 6.39. The number of halogens is 1. The van der Waals surface area contributed by atoms with Gasteiger partial charge in [-0.3, -0.25) is 9.59 Å². The molecule has 0 radical (unpaired) electrons. The highest BCUT2D eigenvalue weighted by Gasteiger charge is 2.28. The van der Waals surface area contributed by atoms with E-state index < -0.39 is 6.04 Å². The topological polar surface area (TPSA) is 70.7 Å². The Morgan fingerprint density at radius 3 is 2.52 bits per heavy atom. The van der Waals surface area contributed by atoms with E-state index in [9.17, 15) is 9.59 Å². The van der Waals surface area contributed by atoms with Gasteiger partial charge in [-0.25, -0.2) is 0 Å². The monoisotopic (exact) mass is 415 g/mol. The fourth-order valence-electron chi connectivity index (χ4n) is 3.00. The van der Waals surface area contributed by atoms with E-state index in [0.717, 1.165) is 31.7 Å². The van der Waals surface area contributed by atoms with Gasteiger partial charge < -0.3 is 20.3 Å². The molecule has 1 fully saturated rings. The van der Waals surface area contributed by atoms with E-state index in [2.05, 4.69) is 10.6 Å². The summed E-state index contributed by atoms with van der Waals surface area (Å²) in [6.07, 6.45) is 4.52. The first kappa shape index (κ1) is 23.6. The minimum atomic E-state index is -0.486. The molecule has 27 heavy (non-hydrogen) atoms. The van der Waals surface area contributed by atoms with Crippen LogP contribution in [0.15, 0.2) is 30.3 Å². The van der Waals surface area contributed by atoms with Gasteiger partial charge in [-0.15, -0.1) is 12.4 Å². The van der Waals surface area contributed by atoms with E-state index in [0.29, 0.717) is 18.2 Å². The summed E-state index contributed by atoms with van der Waals surface area (Å²) in [7, 11) is 1.95. The van der Waals surface area contributed by atoms with Crippen molar-refractivity contribution in [2.24, 2.45) is 0 Å². The number of ether oxygens (including phenoxy) is 1. The Labute approximate surface area is 172 Å². The number of hydrogen-bond acceptors (Lipinski definition) is 5. The van der Waals surface area contributed by atoms with Crippen LogP contribution in [0, 0.1) is 0 Å². The zero-order chi connectivity index (χ0) is 18.8. The van der Waals surface area contributed by atoms with Crippen LogP contribution in [0.25, 0.3) is 0 Å². The summed E-state index contributed by atoms with van der Waals surface area (Å²) in [5.74, 6) is 1.22. The minimum Gasteiger partial charge on any atom is -0.484 e. The van der Waals surface area contributed by atoms with Crippen LogP contribution in [-0.2, 0) is 9.59 Å². The number of piperidine rings is 1. The van der Waals surface area contributed by atoms with Crippen LogP contribution >= 0.6 is 24.2 Å². The number of nitrogens with one attached hydrogen (secondary N) is 2. The van der Waals surface area contributed by atoms with Crippen molar-refractivity contribution in [3.05, 3.63) is 30.3 Å². The molecule has 2 N–H and O–H groups in total. The van der Waals surface area contributed by atoms with Gasteiger partial charge in [0, 0.05) is 19.1 Å². The van der Waals surface area contributed by atoms with Crippen molar-refractivity contribution in [2.45, 2.75) is 31.3 Å². The number of para-hydroxylation sites is 1. The maximum atomic E-state index is 12.8. The lowest BCUT2D eigenvalue weighted by Gasteiger charge is -2.34. The Morgan fingerprint density at radius 2 is 1.93 bits per heavy atom. The third-order valence-electron chi connectivity index (χ3n) is 4.57. The van der Waals surface area contributed by atoms with Crippen molar-refractivity contribution in [1.82, 2.24) is 15.5 Å². The Kier molecular flexibility index (Phi) is 11.2. The third-order valence-corrected chi connectivity index (χ3v) is 5.22. The predicted octanol–water partition coefficient (Wildman–Crippen LogP) is 1.94. The fourth-order valence-corrected chi connectivity index (χ4v) is 3.48. The number of rotatable bonds is 9. The first-order chi connectivity index (χ1) is 12.6. The first-order valence-corrected chi connectivity index (χ1v) is 10.5. The minimum absolute atomic E-state index is 0. The van der Waals surface area contributed by atoms with Crippen LogP contribution < -0.4 is 15.4 Å². The summed E-state index contributed by atoms with van der Waals surface area (Å²) in [5.41, 5.74) is 0. The SMILES string of the molecule is CNC1CCN(C(=O)C(CCSC)NC(=O)COc2ccccc2)CC1.Cl. The lowest BCUT2D eigenvalue weighted by Crippen LogP contribution is -2.53. The molecule has 1 atom stereocenters. The molecular weight excluding hydrogens is 386 g/mol. The van der Waals surface area contributed by atoms with Gasteiger partial charge in [0.2, 0.25) is 5.91 Å². The molecule has 2 rings (SSSR count). The van der Waals surface area contributed by atoms with Crippen molar-refractivity contribution < 1.29 is 14.3 Å². The molecule has 1 aromatic carbocycles. The Balaban J connectivity index is 0.00000364. The highest BCUT2D eigenvalue weighted by molar-refractivity contribution is 7.98. The van der Waals surface area contributed by atoms with Crippen molar-refractivity contribution >= 4 is 36.0 Å². The van der Waals surface area contributed by atoms with Gasteiger partial charge in [0.1, 0.15) is 11.8 Å². The van der Waals surface area contributed by atoms with Crippen LogP contribution in [0.4, 0.5) is 0 Å². The smallest absolute Gasteiger partial charge is 0.258 e. The highest BCUT2D eigenvalue weighted by Crippen LogP contribution is 2.13. The number of amides is 2. The average Bonchev–Trinajstić information content (AvgIpc) is 2.70. The number of carbonyl (C=O) groups excluding carboxylic acids is 2. The molecule has 1 saturated heterocycles. The van der Waals surface area contributed by atoms with E-state index in [4.69, 9.17) is 4.74 Å². The molecule has 0 bridgehead atoms. The van der Waals surface area contributed by atoms with Gasteiger partial charge >= 0.3 is 0 Å². The van der Waals surface area contributed by atoms with Gasteiger partial charge in [-0.1, -0.05) is 18.2 Å². The summed E-state index contributed by atoms with van der Waals surface area (Å²) in [6, 6.07) is 9.18. The zero-order valence-corrected chi connectivity index (χ0v) is 17.6. The van der Waals surface area contributed by atoms with Crippen LogP contribution in [0.2, 0.25) is 0 Å². The maximum Gasteiger partial charge on any atom is 0.258 e. The molecule has 1 unspecified atom stereocenters. The summed E-state index contributed by atoms with van der Waals surface area (Å²) in [5, 5.41) is 6.12. The molecule has 0 saturated carbocycles. The van der Waals surface area contributed by atoms with Crippen molar-refractivity contribution in [1.29, 1.82) is 0 Å². The van der Waals surface area contributed by atoms with Crippen LogP contribution in [0.1, 0.15) is 19.3 Å². The number of likely N-dealkylation sites (tertiary alicyclic amines) is 1. The summed E-state index contributed by atoms with van der Waals surface area (Å²) < 4.78 is 5.48. The van der Waals surface area contributed by atoms with Crippen molar-refractivity contribution in [3.63, 3.8) is 0 Å². The standard InChI is InChI=1S/C19H29N3O3S.ClH/c1-20-15-8-11-22(12-9-15)19(24)17(10-13-26-2)21-18(23)14-25-16-6-4-3-5-7-16;/h3-7,15,17,20H,8-14H2,1-2H3,(H,21,23);1H. The molecule has 6 nitrogen and oxygen atoms in total. The second kappa shape index (κ2) is 12.9. The van der Waals surface area contributed by atoms with Crippen LogP contribution in [0.3, 0.4) is 0 Å². The number of benzene rings is 1. The summed E-state index contributed by atoms with van der Waals surface area (Å²) in [4.78, 5) is 27.0. The Hall–Kier alpha value is -1.44. The zero-order valence-electron chi connectivity index (χ0n) is 16.0. The predicted molar refractivity (Wildman–Crippen MR) is 113 cm³/mol. The normalized spacial score (nSPS) is 15.6. The van der Waals surface area contributed by atoms with Gasteiger partial charge in [0.05, 0.1) is 0 Å². The molecule has 0 aliphatic carbocycles. The van der Waals surface area contributed by atoms with Crippen LogP contribution in [-0.4, -0.2) is 67.6 Å². The quantitative estimate of drug-likeness (QED) is 0.645. The van der Waals surface area contributed by atoms with E-state index in [-0.39, 0.29) is 30.8 Å². The molecule has 1 heterocycles. The molecule has 0 aromatic heterocycles. The lowest BCUT2D eigenvalue weighted by molar-refractivity contribution is -0.137. The fraction of sp³-hybridized carbons (Fsp3) is 0.579. The van der Waals surface area contributed by atoms with Gasteiger partial charge in [-0.05, 0) is 50.5 Å². The van der Waals surface area contributed by atoms with E-state index >= 15 is 0 Å². The van der Waals surface area contributed by atoms with Gasteiger partial charge in [-0.2, -0.15) is 11.8 Å². The Bertz CT molecular complexity index is 569. The molecular formula is C19H30ClN3O3S. The van der Waals surface area contributed by atoms with E-state index in [1.165, 1.54) is 0 Å². The number of hydrogen-bond donors (Lipinski definition) is 2. The highest BCUT2D eigenvalue weighted by atomic mass is 35.5. The molecule has 152 valence electrons. The largest absolute Gasteiger partial charge is 0.484 e. The first-order valence-electron chi connectivity index (χ1n) is 9.06. The third kappa shape index (κ3) is 7.99. The van der Waals surface area contributed by atoms with Crippen molar-refractivity contribution in [3.8, 4) is 5.75 Å². The van der Waals surface area contributed by atoms with Gasteiger partial charge in [0.15, 0.2) is 6.61 Å². The second-order valence-corrected chi connectivity index (χ2v) is 7.38. The molecule has 8 heteroatoms. The average molecular weight is 416 g/mol. The lowest BCUT2D eigenvalue weighted by atomic mass is 10.0. The van der Waals surface area contributed by atoms with Crippen molar-refractivity contribution in [2.75, 3.05) is 38.8 Å². The summed E-state index contributed by atoms with van der Waals surface area (Å²) in [6.45, 7) is 1.38. The van der Waals surface area contributed by atoms with Gasteiger partial charge in [0.25, 0.3) is 5.91 Å².